The zero-order valence-corrected chi connectivity index (χ0v) is 4.52. The third-order valence-electron chi connectivity index (χ3n) is 0.345. The summed E-state index contributed by atoms with van der Waals surface area (Å²) in [4.78, 5) is 0. The van der Waals surface area contributed by atoms with Gasteiger partial charge in [-0.1, -0.05) is 6.08 Å². The number of hydrogen-bond donors (Lipinski definition) is 1. The minimum Gasteiger partial charge on any atom is -0.228 e. The lowest BCUT2D eigenvalue weighted by Crippen LogP contribution is -1.51. The number of thiol groups is 1. The lowest BCUT2D eigenvalue weighted by Gasteiger charge is -1.62. The van der Waals surface area contributed by atoms with Crippen molar-refractivity contribution in [2.75, 3.05) is 0 Å². The molecule has 0 radical (unpaired) electrons. The molecule has 0 fully saturated rings. The Balaban J connectivity index is 3.07. The smallest absolute Gasteiger partial charge is 0.0345 e. The van der Waals surface area contributed by atoms with E-state index in [9.17, 15) is 0 Å². The molecule has 0 heterocycles. The molecular weight excluding hydrogens is 94.1 g/mol. The van der Waals surface area contributed by atoms with E-state index in [-0.39, 0.29) is 0 Å². The van der Waals surface area contributed by atoms with Crippen LogP contribution in [0.15, 0.2) is 16.5 Å². The standard InChI is InChI=1S/C4H7NS/c1-2-3-4-5-6/h2-4,6H,1H3/b3-2-,5-4-. The Morgan fingerprint density at radius 3 is 2.50 bits per heavy atom. The second-order valence-corrected chi connectivity index (χ2v) is 1.02. The summed E-state index contributed by atoms with van der Waals surface area (Å²) in [5.41, 5.74) is 0. The van der Waals surface area contributed by atoms with Crippen LogP contribution in [0.5, 0.6) is 0 Å². The molecule has 0 rings (SSSR count). The van der Waals surface area contributed by atoms with Gasteiger partial charge in [-0.2, -0.15) is 0 Å². The molecule has 0 bridgehead atoms. The summed E-state index contributed by atoms with van der Waals surface area (Å²) in [6.45, 7) is 1.93. The molecule has 0 saturated heterocycles. The fraction of sp³-hybridized carbons (Fsp3) is 0.250. The second-order valence-electron chi connectivity index (χ2n) is 0.790. The fourth-order valence-corrected chi connectivity index (χ4v) is 0.202. The van der Waals surface area contributed by atoms with Crippen LogP contribution in [0.3, 0.4) is 0 Å². The van der Waals surface area contributed by atoms with Crippen molar-refractivity contribution in [1.82, 2.24) is 0 Å². The van der Waals surface area contributed by atoms with E-state index in [4.69, 9.17) is 0 Å². The van der Waals surface area contributed by atoms with Crippen LogP contribution in [0.4, 0.5) is 0 Å². The van der Waals surface area contributed by atoms with Crippen LogP contribution >= 0.6 is 12.8 Å². The van der Waals surface area contributed by atoms with Gasteiger partial charge < -0.3 is 0 Å². The molecule has 0 aliphatic heterocycles. The quantitative estimate of drug-likeness (QED) is 0.379. The molecule has 0 aliphatic carbocycles. The number of allylic oxidation sites excluding steroid dienone is 2. The molecule has 0 aromatic carbocycles. The van der Waals surface area contributed by atoms with Gasteiger partial charge in [-0.3, -0.25) is 0 Å². The van der Waals surface area contributed by atoms with Crippen molar-refractivity contribution in [2.45, 2.75) is 6.92 Å². The van der Waals surface area contributed by atoms with Crippen molar-refractivity contribution in [2.24, 2.45) is 4.40 Å². The van der Waals surface area contributed by atoms with Crippen molar-refractivity contribution >= 4 is 19.0 Å². The molecular formula is C4H7NS. The van der Waals surface area contributed by atoms with Gasteiger partial charge in [0.05, 0.1) is 0 Å². The average molecular weight is 101 g/mol. The zero-order chi connectivity index (χ0) is 4.83. The van der Waals surface area contributed by atoms with Gasteiger partial charge in [0.25, 0.3) is 0 Å². The van der Waals surface area contributed by atoms with E-state index in [0.717, 1.165) is 0 Å². The SMILES string of the molecule is C/C=C\C=N/S. The van der Waals surface area contributed by atoms with E-state index >= 15 is 0 Å². The van der Waals surface area contributed by atoms with Crippen molar-refractivity contribution in [3.63, 3.8) is 0 Å². The number of nitrogens with zero attached hydrogens (tertiary/aromatic N) is 1. The van der Waals surface area contributed by atoms with E-state index in [1.165, 1.54) is 0 Å². The fourth-order valence-electron chi connectivity index (χ4n) is 0.125. The predicted molar refractivity (Wildman–Crippen MR) is 32.3 cm³/mol. The van der Waals surface area contributed by atoms with E-state index in [1.54, 1.807) is 6.21 Å². The Morgan fingerprint density at radius 1 is 1.67 bits per heavy atom. The van der Waals surface area contributed by atoms with Crippen LogP contribution in [0, 0.1) is 0 Å². The van der Waals surface area contributed by atoms with Crippen LogP contribution in [0.2, 0.25) is 0 Å². The molecule has 1 nitrogen and oxygen atoms in total. The lowest BCUT2D eigenvalue weighted by molar-refractivity contribution is 1.77. The van der Waals surface area contributed by atoms with Gasteiger partial charge in [0, 0.05) is 6.21 Å². The summed E-state index contributed by atoms with van der Waals surface area (Å²) >= 11 is 3.57. The van der Waals surface area contributed by atoms with Crippen LogP contribution in [0.1, 0.15) is 6.92 Å². The molecule has 2 heteroatoms. The monoisotopic (exact) mass is 101 g/mol. The molecule has 6 heavy (non-hydrogen) atoms. The highest BCUT2D eigenvalue weighted by molar-refractivity contribution is 7.78. The average Bonchev–Trinajstić information content (AvgIpc) is 1.61. The number of rotatable bonds is 1. The molecule has 0 spiro atoms. The minimum atomic E-state index is 1.61. The summed E-state index contributed by atoms with van der Waals surface area (Å²) in [7, 11) is 0. The topological polar surface area (TPSA) is 12.4 Å². The largest absolute Gasteiger partial charge is 0.228 e. The molecule has 34 valence electrons. The van der Waals surface area contributed by atoms with Crippen molar-refractivity contribution < 1.29 is 0 Å². The third-order valence-corrected chi connectivity index (χ3v) is 0.479. The van der Waals surface area contributed by atoms with Gasteiger partial charge in [0.1, 0.15) is 0 Å². The molecule has 0 aliphatic rings. The summed E-state index contributed by atoms with van der Waals surface area (Å²) in [5, 5.41) is 0. The van der Waals surface area contributed by atoms with E-state index in [1.807, 2.05) is 19.1 Å². The Hall–Kier alpha value is -0.240. The highest BCUT2D eigenvalue weighted by atomic mass is 32.1. The van der Waals surface area contributed by atoms with Crippen molar-refractivity contribution in [3.8, 4) is 0 Å². The first kappa shape index (κ1) is 5.76. The minimum absolute atomic E-state index is 1.61. The second kappa shape index (κ2) is 4.76. The highest BCUT2D eigenvalue weighted by Gasteiger charge is 1.50. The molecule has 0 aromatic rings. The molecule has 0 saturated carbocycles. The maximum Gasteiger partial charge on any atom is 0.0345 e. The van der Waals surface area contributed by atoms with Gasteiger partial charge in [0.2, 0.25) is 0 Å². The zero-order valence-electron chi connectivity index (χ0n) is 3.63. The van der Waals surface area contributed by atoms with Crippen LogP contribution in [0.25, 0.3) is 0 Å². The van der Waals surface area contributed by atoms with Gasteiger partial charge >= 0.3 is 0 Å². The summed E-state index contributed by atoms with van der Waals surface area (Å²) in [6.07, 6.45) is 5.32. The van der Waals surface area contributed by atoms with Crippen LogP contribution in [-0.2, 0) is 0 Å². The Labute approximate surface area is 43.3 Å². The summed E-state index contributed by atoms with van der Waals surface area (Å²) in [5.74, 6) is 0. The Kier molecular flexibility index (Phi) is 4.57. The van der Waals surface area contributed by atoms with E-state index < -0.39 is 0 Å². The maximum absolute atomic E-state index is 3.57. The van der Waals surface area contributed by atoms with Crippen molar-refractivity contribution in [1.29, 1.82) is 0 Å². The molecule has 0 unspecified atom stereocenters. The lowest BCUT2D eigenvalue weighted by atomic mass is 10.6. The van der Waals surface area contributed by atoms with E-state index in [2.05, 4.69) is 17.2 Å². The molecule has 0 aromatic heterocycles. The normalized spacial score (nSPS) is 11.7. The molecule has 0 N–H and O–H groups in total. The first-order chi connectivity index (χ1) is 2.91. The highest BCUT2D eigenvalue weighted by Crippen LogP contribution is 1.69. The first-order valence-corrected chi connectivity index (χ1v) is 2.10. The van der Waals surface area contributed by atoms with Gasteiger partial charge in [-0.25, -0.2) is 4.40 Å². The van der Waals surface area contributed by atoms with Gasteiger partial charge in [-0.05, 0) is 25.8 Å². The molecule has 0 atom stereocenters. The Morgan fingerprint density at radius 2 is 2.33 bits per heavy atom. The molecule has 0 amide bonds. The van der Waals surface area contributed by atoms with Gasteiger partial charge in [-0.15, -0.1) is 0 Å². The van der Waals surface area contributed by atoms with Crippen LogP contribution in [-0.4, -0.2) is 6.21 Å². The van der Waals surface area contributed by atoms with Gasteiger partial charge in [0.15, 0.2) is 0 Å². The van der Waals surface area contributed by atoms with E-state index in [0.29, 0.717) is 0 Å². The van der Waals surface area contributed by atoms with Crippen molar-refractivity contribution in [3.05, 3.63) is 12.2 Å². The maximum atomic E-state index is 3.57. The number of hydrogen-bond acceptors (Lipinski definition) is 2. The Bertz CT molecular complexity index is 55.9. The van der Waals surface area contributed by atoms with Crippen LogP contribution < -0.4 is 0 Å². The third kappa shape index (κ3) is 3.76. The predicted octanol–water partition coefficient (Wildman–Crippen LogP) is 1.48. The summed E-state index contributed by atoms with van der Waals surface area (Å²) < 4.78 is 3.41. The summed E-state index contributed by atoms with van der Waals surface area (Å²) in [6, 6.07) is 0. The first-order valence-electron chi connectivity index (χ1n) is 1.70.